The predicted octanol–water partition coefficient (Wildman–Crippen LogP) is 3.66. The number of nitrogens with zero attached hydrogens (tertiary/aromatic N) is 1. The first-order valence-electron chi connectivity index (χ1n) is 3.05. The topological polar surface area (TPSA) is 12.9 Å². The summed E-state index contributed by atoms with van der Waals surface area (Å²) in [5.41, 5.74) is 1.08. The number of thiazole rings is 1. The first-order valence-corrected chi connectivity index (χ1v) is 6.24. The summed E-state index contributed by atoms with van der Waals surface area (Å²) in [6.07, 6.45) is 4.13. The molecule has 0 N–H and O–H groups in total. The molecule has 0 radical (unpaired) electrons. The lowest BCUT2D eigenvalue weighted by molar-refractivity contribution is 1.23. The van der Waals surface area contributed by atoms with Gasteiger partial charge in [-0.3, -0.25) is 0 Å². The molecule has 1 heterocycles. The van der Waals surface area contributed by atoms with E-state index in [4.69, 9.17) is 0 Å². The van der Waals surface area contributed by atoms with Crippen molar-refractivity contribution in [3.63, 3.8) is 0 Å². The Morgan fingerprint density at radius 3 is 3.00 bits per heavy atom. The molecule has 0 aliphatic carbocycles. The Labute approximate surface area is 88.4 Å². The number of hydrogen-bond donors (Lipinski definition) is 0. The van der Waals surface area contributed by atoms with Crippen molar-refractivity contribution in [2.75, 3.05) is 6.26 Å². The van der Waals surface area contributed by atoms with Crippen molar-refractivity contribution >= 4 is 51.8 Å². The molecular formula is C7H8INS2. The molecule has 1 rings (SSSR count). The fraction of sp³-hybridized carbons (Fsp3) is 0.286. The van der Waals surface area contributed by atoms with E-state index in [1.807, 2.05) is 6.26 Å². The first kappa shape index (κ1) is 9.54. The van der Waals surface area contributed by atoms with E-state index in [-0.39, 0.29) is 0 Å². The molecule has 0 aromatic carbocycles. The standard InChI is InChI=1S/C7H8INS2/c1-5(8)3-6-4-11-7(9-6)10-2/h3-4H,1-2H3/b5-3+. The minimum atomic E-state index is 1.08. The second-order valence-electron chi connectivity index (χ2n) is 1.97. The van der Waals surface area contributed by atoms with Crippen LogP contribution in [0.4, 0.5) is 0 Å². The van der Waals surface area contributed by atoms with E-state index in [1.165, 1.54) is 3.58 Å². The van der Waals surface area contributed by atoms with Gasteiger partial charge in [-0.1, -0.05) is 11.8 Å². The molecule has 0 amide bonds. The maximum atomic E-state index is 4.37. The number of aromatic nitrogens is 1. The predicted molar refractivity (Wildman–Crippen MR) is 61.6 cm³/mol. The van der Waals surface area contributed by atoms with Gasteiger partial charge in [0.25, 0.3) is 0 Å². The Balaban J connectivity index is 2.81. The highest BCUT2D eigenvalue weighted by molar-refractivity contribution is 14.1. The van der Waals surface area contributed by atoms with Crippen LogP contribution in [0.15, 0.2) is 13.3 Å². The van der Waals surface area contributed by atoms with E-state index >= 15 is 0 Å². The van der Waals surface area contributed by atoms with Gasteiger partial charge in [-0.25, -0.2) is 4.98 Å². The molecule has 0 aliphatic heterocycles. The summed E-state index contributed by atoms with van der Waals surface area (Å²) in [6, 6.07) is 0. The third kappa shape index (κ3) is 3.13. The Bertz CT molecular complexity index is 263. The van der Waals surface area contributed by atoms with Crippen molar-refractivity contribution in [3.05, 3.63) is 14.7 Å². The summed E-state index contributed by atoms with van der Waals surface area (Å²) in [7, 11) is 0. The van der Waals surface area contributed by atoms with Gasteiger partial charge in [0.15, 0.2) is 0 Å². The molecule has 0 aliphatic rings. The highest BCUT2D eigenvalue weighted by atomic mass is 127. The largest absolute Gasteiger partial charge is 0.230 e. The second kappa shape index (κ2) is 4.47. The Hall–Kier alpha value is 0.450. The number of allylic oxidation sites excluding steroid dienone is 1. The van der Waals surface area contributed by atoms with Gasteiger partial charge in [-0.15, -0.1) is 11.3 Å². The minimum absolute atomic E-state index is 1.08. The zero-order valence-corrected chi connectivity index (χ0v) is 10.1. The van der Waals surface area contributed by atoms with Gasteiger partial charge in [-0.05, 0) is 45.4 Å². The van der Waals surface area contributed by atoms with Crippen LogP contribution in [0.5, 0.6) is 0 Å². The van der Waals surface area contributed by atoms with Crippen LogP contribution in [-0.2, 0) is 0 Å². The van der Waals surface area contributed by atoms with Gasteiger partial charge < -0.3 is 0 Å². The molecule has 0 bridgehead atoms. The normalized spacial score (nSPS) is 12.1. The average molecular weight is 297 g/mol. The van der Waals surface area contributed by atoms with Crippen molar-refractivity contribution in [1.29, 1.82) is 0 Å². The quantitative estimate of drug-likeness (QED) is 0.610. The third-order valence-electron chi connectivity index (χ3n) is 1.02. The zero-order chi connectivity index (χ0) is 8.27. The minimum Gasteiger partial charge on any atom is -0.230 e. The SMILES string of the molecule is CSc1nc(/C=C(\C)I)cs1. The number of rotatable bonds is 2. The third-order valence-corrected chi connectivity index (χ3v) is 3.22. The van der Waals surface area contributed by atoms with Crippen LogP contribution in [0.1, 0.15) is 12.6 Å². The molecular weight excluding hydrogens is 289 g/mol. The number of halogens is 1. The van der Waals surface area contributed by atoms with Crippen LogP contribution in [-0.4, -0.2) is 11.2 Å². The lowest BCUT2D eigenvalue weighted by atomic mass is 10.4. The van der Waals surface area contributed by atoms with Crippen molar-refractivity contribution in [3.8, 4) is 0 Å². The van der Waals surface area contributed by atoms with Crippen LogP contribution >= 0.6 is 45.7 Å². The maximum Gasteiger partial charge on any atom is 0.150 e. The smallest absolute Gasteiger partial charge is 0.150 e. The fourth-order valence-electron chi connectivity index (χ4n) is 0.633. The molecule has 1 aromatic heterocycles. The van der Waals surface area contributed by atoms with Gasteiger partial charge in [0, 0.05) is 5.38 Å². The molecule has 0 spiro atoms. The first-order chi connectivity index (χ1) is 5.22. The van der Waals surface area contributed by atoms with Crippen LogP contribution in [0, 0.1) is 0 Å². The monoisotopic (exact) mass is 297 g/mol. The van der Waals surface area contributed by atoms with E-state index < -0.39 is 0 Å². The molecule has 1 nitrogen and oxygen atoms in total. The summed E-state index contributed by atoms with van der Waals surface area (Å²) in [5.74, 6) is 0. The van der Waals surface area contributed by atoms with Crippen molar-refractivity contribution in [2.24, 2.45) is 0 Å². The molecule has 11 heavy (non-hydrogen) atoms. The van der Waals surface area contributed by atoms with E-state index in [1.54, 1.807) is 23.1 Å². The molecule has 0 fully saturated rings. The summed E-state index contributed by atoms with van der Waals surface area (Å²) in [6.45, 7) is 2.07. The Kier molecular flexibility index (Phi) is 3.88. The zero-order valence-electron chi connectivity index (χ0n) is 6.30. The van der Waals surface area contributed by atoms with Gasteiger partial charge in [0.2, 0.25) is 0 Å². The lowest BCUT2D eigenvalue weighted by Crippen LogP contribution is -1.70. The van der Waals surface area contributed by atoms with Crippen molar-refractivity contribution in [2.45, 2.75) is 11.3 Å². The van der Waals surface area contributed by atoms with Gasteiger partial charge in [0.05, 0.1) is 5.69 Å². The van der Waals surface area contributed by atoms with Gasteiger partial charge in [0.1, 0.15) is 4.34 Å². The molecule has 0 unspecified atom stereocenters. The molecule has 0 atom stereocenters. The van der Waals surface area contributed by atoms with Crippen LogP contribution in [0.2, 0.25) is 0 Å². The van der Waals surface area contributed by atoms with E-state index in [9.17, 15) is 0 Å². The summed E-state index contributed by atoms with van der Waals surface area (Å²) in [5, 5.41) is 2.08. The summed E-state index contributed by atoms with van der Waals surface area (Å²) < 4.78 is 2.40. The second-order valence-corrected chi connectivity index (χ2v) is 5.59. The Morgan fingerprint density at radius 2 is 2.55 bits per heavy atom. The molecule has 1 aromatic rings. The lowest BCUT2D eigenvalue weighted by Gasteiger charge is -1.84. The maximum absolute atomic E-state index is 4.37. The Morgan fingerprint density at radius 1 is 1.82 bits per heavy atom. The van der Waals surface area contributed by atoms with Gasteiger partial charge >= 0.3 is 0 Å². The van der Waals surface area contributed by atoms with Crippen LogP contribution in [0.25, 0.3) is 6.08 Å². The molecule has 0 saturated heterocycles. The fourth-order valence-corrected chi connectivity index (χ4v) is 2.18. The highest BCUT2D eigenvalue weighted by Crippen LogP contribution is 2.21. The van der Waals surface area contributed by atoms with Crippen molar-refractivity contribution in [1.82, 2.24) is 4.98 Å². The van der Waals surface area contributed by atoms with E-state index in [0.717, 1.165) is 10.0 Å². The average Bonchev–Trinajstić information content (AvgIpc) is 2.34. The summed E-state index contributed by atoms with van der Waals surface area (Å²) in [4.78, 5) is 4.37. The summed E-state index contributed by atoms with van der Waals surface area (Å²) >= 11 is 5.67. The molecule has 60 valence electrons. The molecule has 0 saturated carbocycles. The van der Waals surface area contributed by atoms with E-state index in [2.05, 4.69) is 46.0 Å². The van der Waals surface area contributed by atoms with Crippen molar-refractivity contribution < 1.29 is 0 Å². The van der Waals surface area contributed by atoms with E-state index in [0.29, 0.717) is 0 Å². The van der Waals surface area contributed by atoms with Crippen LogP contribution < -0.4 is 0 Å². The molecule has 4 heteroatoms. The number of thioether (sulfide) groups is 1. The number of hydrogen-bond acceptors (Lipinski definition) is 3. The highest BCUT2D eigenvalue weighted by Gasteiger charge is 1.96. The van der Waals surface area contributed by atoms with Gasteiger partial charge in [-0.2, -0.15) is 0 Å². The van der Waals surface area contributed by atoms with Crippen LogP contribution in [0.3, 0.4) is 0 Å².